The molecule has 0 fully saturated rings. The summed E-state index contributed by atoms with van der Waals surface area (Å²) >= 11 is 0. The highest BCUT2D eigenvalue weighted by Crippen LogP contribution is 1.98. The molecule has 1 radical (unpaired) electrons. The molecule has 0 aromatic rings. The van der Waals surface area contributed by atoms with Crippen LogP contribution in [0.5, 0.6) is 0 Å². The highest BCUT2D eigenvalue weighted by Gasteiger charge is 1.78. The third-order valence-corrected chi connectivity index (χ3v) is 1.69. The number of hydrogen-bond acceptors (Lipinski definition) is 0. The van der Waals surface area contributed by atoms with Crippen LogP contribution in [0.1, 0.15) is 25.7 Å². The van der Waals surface area contributed by atoms with E-state index in [4.69, 9.17) is 0 Å². The smallest absolute Gasteiger partial charge is 0.0160 e. The second-order valence-electron chi connectivity index (χ2n) is 2.76. The van der Waals surface area contributed by atoms with Crippen molar-refractivity contribution in [1.82, 2.24) is 0 Å². The van der Waals surface area contributed by atoms with E-state index in [1.165, 1.54) is 0 Å². The van der Waals surface area contributed by atoms with Gasteiger partial charge in [0.2, 0.25) is 0 Å². The summed E-state index contributed by atoms with van der Waals surface area (Å²) in [6.07, 6.45) is 22.5. The maximum atomic E-state index is 3.11. The van der Waals surface area contributed by atoms with E-state index in [-0.39, 0.29) is 0 Å². The predicted molar refractivity (Wildman–Crippen MR) is 53.7 cm³/mol. The lowest BCUT2D eigenvalue weighted by atomic mass is 10.2. The van der Waals surface area contributed by atoms with E-state index in [0.29, 0.717) is 0 Å². The van der Waals surface area contributed by atoms with Crippen LogP contribution in [0.3, 0.4) is 0 Å². The minimum Gasteiger partial charge on any atom is -0.0879 e. The van der Waals surface area contributed by atoms with Crippen LogP contribution in [0, 0.1) is 6.08 Å². The Morgan fingerprint density at radius 3 is 2.33 bits per heavy atom. The zero-order chi connectivity index (χ0) is 8.49. The van der Waals surface area contributed by atoms with E-state index in [9.17, 15) is 0 Å². The summed E-state index contributed by atoms with van der Waals surface area (Å²) in [5.74, 6) is 0. The average Bonchev–Trinajstić information content (AvgIpc) is 2.05. The molecule has 0 N–H and O–H groups in total. The van der Waals surface area contributed by atoms with Crippen LogP contribution >= 0.6 is 0 Å². The maximum absolute atomic E-state index is 3.11. The molecule has 12 heavy (non-hydrogen) atoms. The van der Waals surface area contributed by atoms with Crippen LogP contribution in [0.25, 0.3) is 0 Å². The van der Waals surface area contributed by atoms with E-state index in [1.807, 2.05) is 6.08 Å². The van der Waals surface area contributed by atoms with Crippen molar-refractivity contribution in [1.29, 1.82) is 0 Å². The van der Waals surface area contributed by atoms with Crippen molar-refractivity contribution in [3.05, 3.63) is 48.6 Å². The fourth-order valence-corrected chi connectivity index (χ4v) is 1.04. The molecule has 0 amide bonds. The number of rotatable bonds is 0. The Bertz CT molecular complexity index is 180. The van der Waals surface area contributed by atoms with Crippen LogP contribution in [0.2, 0.25) is 0 Å². The molecule has 1 rings (SSSR count). The van der Waals surface area contributed by atoms with Crippen molar-refractivity contribution >= 4 is 0 Å². The van der Waals surface area contributed by atoms with Gasteiger partial charge in [0.1, 0.15) is 0 Å². The van der Waals surface area contributed by atoms with Crippen molar-refractivity contribution < 1.29 is 0 Å². The predicted octanol–water partition coefficient (Wildman–Crippen LogP) is 3.59. The fourth-order valence-electron chi connectivity index (χ4n) is 1.04. The summed E-state index contributed by atoms with van der Waals surface area (Å²) in [6.45, 7) is 0. The van der Waals surface area contributed by atoms with E-state index in [0.717, 1.165) is 25.7 Å². The molecule has 0 heteroatoms. The number of hydrogen-bond donors (Lipinski definition) is 0. The average molecular weight is 159 g/mol. The van der Waals surface area contributed by atoms with Gasteiger partial charge in [-0.25, -0.2) is 0 Å². The van der Waals surface area contributed by atoms with E-state index in [2.05, 4.69) is 42.5 Å². The molecule has 1 aliphatic rings. The number of allylic oxidation sites excluding steroid dienone is 8. The Morgan fingerprint density at radius 1 is 0.750 bits per heavy atom. The summed E-state index contributed by atoms with van der Waals surface area (Å²) in [5, 5.41) is 0. The molecule has 0 saturated carbocycles. The Balaban J connectivity index is 2.41. The van der Waals surface area contributed by atoms with Crippen molar-refractivity contribution in [3.8, 4) is 0 Å². The third-order valence-electron chi connectivity index (χ3n) is 1.69. The summed E-state index contributed by atoms with van der Waals surface area (Å²) in [7, 11) is 0. The largest absolute Gasteiger partial charge is 0.0879 e. The molecule has 0 heterocycles. The van der Waals surface area contributed by atoms with Crippen LogP contribution in [-0.2, 0) is 0 Å². The Morgan fingerprint density at radius 2 is 1.50 bits per heavy atom. The van der Waals surface area contributed by atoms with Crippen LogP contribution < -0.4 is 0 Å². The first-order valence-electron chi connectivity index (χ1n) is 4.53. The standard InChI is InChI=1S/C12H15/c1-2-4-6-8-10-12-11-9-7-5-3-1/h1-2,5,7-8,10-11H,3-4,6,12H2/b2-1-,7-5+,10-8-,11-9?. The lowest BCUT2D eigenvalue weighted by Crippen LogP contribution is -1.67. The van der Waals surface area contributed by atoms with Gasteiger partial charge in [-0.15, -0.1) is 0 Å². The summed E-state index contributed by atoms with van der Waals surface area (Å²) < 4.78 is 0. The zero-order valence-electron chi connectivity index (χ0n) is 7.37. The van der Waals surface area contributed by atoms with Gasteiger partial charge in [-0.3, -0.25) is 0 Å². The molecule has 0 saturated heterocycles. The van der Waals surface area contributed by atoms with Gasteiger partial charge in [-0.1, -0.05) is 42.5 Å². The Hall–Kier alpha value is -1.04. The third kappa shape index (κ3) is 4.73. The minimum absolute atomic E-state index is 1.01. The first-order valence-corrected chi connectivity index (χ1v) is 4.53. The molecule has 0 aromatic heterocycles. The van der Waals surface area contributed by atoms with Crippen molar-refractivity contribution in [3.63, 3.8) is 0 Å². The van der Waals surface area contributed by atoms with Crippen LogP contribution in [-0.4, -0.2) is 0 Å². The van der Waals surface area contributed by atoms with Gasteiger partial charge in [0, 0.05) is 0 Å². The van der Waals surface area contributed by atoms with Crippen molar-refractivity contribution in [2.75, 3.05) is 0 Å². The highest BCUT2D eigenvalue weighted by atomic mass is 13.8. The highest BCUT2D eigenvalue weighted by molar-refractivity contribution is 5.02. The van der Waals surface area contributed by atoms with E-state index >= 15 is 0 Å². The second-order valence-corrected chi connectivity index (χ2v) is 2.76. The van der Waals surface area contributed by atoms with Gasteiger partial charge in [-0.05, 0) is 31.8 Å². The van der Waals surface area contributed by atoms with Crippen molar-refractivity contribution in [2.24, 2.45) is 0 Å². The summed E-state index contributed by atoms with van der Waals surface area (Å²) in [4.78, 5) is 0. The van der Waals surface area contributed by atoms with Gasteiger partial charge >= 0.3 is 0 Å². The molecule has 0 aromatic carbocycles. The molecule has 0 nitrogen and oxygen atoms in total. The summed E-state index contributed by atoms with van der Waals surface area (Å²) in [6, 6.07) is 0. The van der Waals surface area contributed by atoms with Gasteiger partial charge in [-0.2, -0.15) is 0 Å². The molecule has 0 aliphatic heterocycles. The van der Waals surface area contributed by atoms with Gasteiger partial charge in [0.15, 0.2) is 0 Å². The topological polar surface area (TPSA) is 0 Å². The maximum Gasteiger partial charge on any atom is -0.0160 e. The van der Waals surface area contributed by atoms with Gasteiger partial charge in [0.25, 0.3) is 0 Å². The summed E-state index contributed by atoms with van der Waals surface area (Å²) in [5.41, 5.74) is 0. The quantitative estimate of drug-likeness (QED) is 0.474. The van der Waals surface area contributed by atoms with Crippen molar-refractivity contribution in [2.45, 2.75) is 25.7 Å². The molecular weight excluding hydrogens is 144 g/mol. The lowest BCUT2D eigenvalue weighted by Gasteiger charge is -1.88. The SMILES string of the molecule is [C]1=C\C/C=C\CC/C=C\C/C=C/1. The first kappa shape index (κ1) is 9.05. The Kier molecular flexibility index (Phi) is 5.02. The normalized spacial score (nSPS) is 29.3. The lowest BCUT2D eigenvalue weighted by molar-refractivity contribution is 1.04. The van der Waals surface area contributed by atoms with E-state index < -0.39 is 0 Å². The Labute approximate surface area is 75.0 Å². The zero-order valence-corrected chi connectivity index (χ0v) is 7.37. The molecule has 0 spiro atoms. The first-order chi connectivity index (χ1) is 6.00. The molecular formula is C12H15. The monoisotopic (exact) mass is 159 g/mol. The molecule has 0 atom stereocenters. The van der Waals surface area contributed by atoms with Crippen LogP contribution in [0.4, 0.5) is 0 Å². The van der Waals surface area contributed by atoms with E-state index in [1.54, 1.807) is 0 Å². The molecule has 1 aliphatic carbocycles. The van der Waals surface area contributed by atoms with Crippen LogP contribution in [0.15, 0.2) is 42.5 Å². The van der Waals surface area contributed by atoms with Gasteiger partial charge < -0.3 is 0 Å². The molecule has 63 valence electrons. The molecule has 0 bridgehead atoms. The molecule has 0 unspecified atom stereocenters. The van der Waals surface area contributed by atoms with Gasteiger partial charge in [0.05, 0.1) is 0 Å². The second kappa shape index (κ2) is 6.66. The minimum atomic E-state index is 1.01. The fraction of sp³-hybridized carbons (Fsp3) is 0.333.